The van der Waals surface area contributed by atoms with E-state index in [1.807, 2.05) is 18.2 Å². The van der Waals surface area contributed by atoms with E-state index < -0.39 is 5.91 Å². The molecule has 1 amide bonds. The monoisotopic (exact) mass is 190 g/mol. The van der Waals surface area contributed by atoms with Crippen molar-refractivity contribution >= 4 is 22.6 Å². The van der Waals surface area contributed by atoms with Crippen LogP contribution >= 0.6 is 0 Å². The van der Waals surface area contributed by atoms with Crippen molar-refractivity contribution in [3.63, 3.8) is 0 Å². The van der Waals surface area contributed by atoms with Gasteiger partial charge in [-0.25, -0.2) is 0 Å². The lowest BCUT2D eigenvalue weighted by molar-refractivity contribution is -0.117. The Labute approximate surface area is 80.5 Å². The number of hydrogen-bond acceptors (Lipinski definition) is 3. The van der Waals surface area contributed by atoms with Crippen molar-refractivity contribution in [2.45, 2.75) is 6.42 Å². The molecule has 0 bridgehead atoms. The Bertz CT molecular complexity index is 488. The maximum Gasteiger partial charge on any atom is 0.225 e. The third-order valence-electron chi connectivity index (χ3n) is 2.05. The molecule has 2 rings (SSSR count). The minimum atomic E-state index is -0.448. The number of amides is 1. The summed E-state index contributed by atoms with van der Waals surface area (Å²) in [6, 6.07) is 7.36. The quantitative estimate of drug-likeness (QED) is 0.742. The van der Waals surface area contributed by atoms with Crippen molar-refractivity contribution in [3.05, 3.63) is 30.0 Å². The smallest absolute Gasteiger partial charge is 0.225 e. The molecule has 2 aromatic rings. The number of benzene rings is 1. The van der Waals surface area contributed by atoms with Crippen LogP contribution in [-0.4, -0.2) is 5.91 Å². The van der Waals surface area contributed by atoms with E-state index in [0.717, 1.165) is 5.39 Å². The Morgan fingerprint density at radius 3 is 2.71 bits per heavy atom. The summed E-state index contributed by atoms with van der Waals surface area (Å²) < 4.78 is 5.38. The standard InChI is InChI=1S/C10H10N2O2/c11-9(13)5-8-10(12)6-3-1-2-4-7(6)14-8/h1-4H,5,12H2,(H2,11,13). The molecule has 4 heteroatoms. The van der Waals surface area contributed by atoms with Crippen LogP contribution in [0.2, 0.25) is 0 Å². The van der Waals surface area contributed by atoms with Crippen LogP contribution in [0.3, 0.4) is 0 Å². The van der Waals surface area contributed by atoms with E-state index in [-0.39, 0.29) is 6.42 Å². The molecular weight excluding hydrogens is 180 g/mol. The van der Waals surface area contributed by atoms with E-state index in [1.165, 1.54) is 0 Å². The molecule has 4 nitrogen and oxygen atoms in total. The molecule has 4 N–H and O–H groups in total. The predicted molar refractivity (Wildman–Crippen MR) is 53.5 cm³/mol. The Morgan fingerprint density at radius 1 is 1.36 bits per heavy atom. The highest BCUT2D eigenvalue weighted by Crippen LogP contribution is 2.27. The topological polar surface area (TPSA) is 82.2 Å². The van der Waals surface area contributed by atoms with Gasteiger partial charge in [0.05, 0.1) is 12.1 Å². The van der Waals surface area contributed by atoms with Crippen LogP contribution in [0.15, 0.2) is 28.7 Å². The third-order valence-corrected chi connectivity index (χ3v) is 2.05. The second-order valence-corrected chi connectivity index (χ2v) is 3.08. The van der Waals surface area contributed by atoms with Gasteiger partial charge in [0.15, 0.2) is 0 Å². The molecule has 0 fully saturated rings. The Kier molecular flexibility index (Phi) is 1.89. The predicted octanol–water partition coefficient (Wildman–Crippen LogP) is 1.04. The zero-order valence-electron chi connectivity index (χ0n) is 7.49. The number of primary amides is 1. The van der Waals surface area contributed by atoms with Gasteiger partial charge in [0, 0.05) is 5.39 Å². The number of nitrogen functional groups attached to an aromatic ring is 1. The minimum Gasteiger partial charge on any atom is -0.458 e. The molecule has 0 aliphatic carbocycles. The molecule has 14 heavy (non-hydrogen) atoms. The van der Waals surface area contributed by atoms with Crippen molar-refractivity contribution < 1.29 is 9.21 Å². The number of anilines is 1. The number of nitrogens with two attached hydrogens (primary N) is 2. The number of carbonyl (C=O) groups is 1. The molecule has 1 heterocycles. The Balaban J connectivity index is 2.57. The number of furan rings is 1. The van der Waals surface area contributed by atoms with Gasteiger partial charge >= 0.3 is 0 Å². The van der Waals surface area contributed by atoms with Crippen LogP contribution in [-0.2, 0) is 11.2 Å². The van der Waals surface area contributed by atoms with Crippen molar-refractivity contribution in [2.75, 3.05) is 5.73 Å². The van der Waals surface area contributed by atoms with Crippen LogP contribution in [0.4, 0.5) is 5.69 Å². The first-order valence-corrected chi connectivity index (χ1v) is 4.22. The lowest BCUT2D eigenvalue weighted by Crippen LogP contribution is -2.13. The second-order valence-electron chi connectivity index (χ2n) is 3.08. The van der Waals surface area contributed by atoms with E-state index >= 15 is 0 Å². The number of para-hydroxylation sites is 1. The fourth-order valence-corrected chi connectivity index (χ4v) is 1.41. The van der Waals surface area contributed by atoms with Crippen molar-refractivity contribution in [3.8, 4) is 0 Å². The molecule has 0 aliphatic heterocycles. The minimum absolute atomic E-state index is 0.0422. The van der Waals surface area contributed by atoms with Crippen LogP contribution in [0, 0.1) is 0 Å². The summed E-state index contributed by atoms with van der Waals surface area (Å²) in [4.78, 5) is 10.7. The van der Waals surface area contributed by atoms with E-state index in [0.29, 0.717) is 17.0 Å². The molecular formula is C10H10N2O2. The maximum atomic E-state index is 10.7. The zero-order chi connectivity index (χ0) is 10.1. The van der Waals surface area contributed by atoms with E-state index in [4.69, 9.17) is 15.9 Å². The summed E-state index contributed by atoms with van der Waals surface area (Å²) in [6.07, 6.45) is 0.0422. The Hall–Kier alpha value is -1.97. The van der Waals surface area contributed by atoms with E-state index in [9.17, 15) is 4.79 Å². The average molecular weight is 190 g/mol. The summed E-state index contributed by atoms with van der Waals surface area (Å²) in [5.74, 6) is -0.00513. The molecule has 72 valence electrons. The van der Waals surface area contributed by atoms with Gasteiger partial charge in [-0.05, 0) is 12.1 Å². The number of carbonyl (C=O) groups excluding carboxylic acids is 1. The lowest BCUT2D eigenvalue weighted by atomic mass is 10.2. The van der Waals surface area contributed by atoms with Gasteiger partial charge in [-0.1, -0.05) is 12.1 Å². The SMILES string of the molecule is NC(=O)Cc1oc2ccccc2c1N. The van der Waals surface area contributed by atoms with Gasteiger partial charge in [-0.3, -0.25) is 4.79 Å². The van der Waals surface area contributed by atoms with Crippen LogP contribution in [0.1, 0.15) is 5.76 Å². The fourth-order valence-electron chi connectivity index (χ4n) is 1.41. The van der Waals surface area contributed by atoms with Gasteiger partial charge in [-0.15, -0.1) is 0 Å². The van der Waals surface area contributed by atoms with Gasteiger partial charge < -0.3 is 15.9 Å². The lowest BCUT2D eigenvalue weighted by Gasteiger charge is -1.92. The normalized spacial score (nSPS) is 10.6. The van der Waals surface area contributed by atoms with Gasteiger partial charge in [0.25, 0.3) is 0 Å². The summed E-state index contributed by atoms with van der Waals surface area (Å²) in [7, 11) is 0. The van der Waals surface area contributed by atoms with Crippen molar-refractivity contribution in [1.82, 2.24) is 0 Å². The van der Waals surface area contributed by atoms with Crippen LogP contribution < -0.4 is 11.5 Å². The van der Waals surface area contributed by atoms with Crippen molar-refractivity contribution in [2.24, 2.45) is 5.73 Å². The van der Waals surface area contributed by atoms with Gasteiger partial charge in [0.1, 0.15) is 11.3 Å². The van der Waals surface area contributed by atoms with E-state index in [1.54, 1.807) is 6.07 Å². The van der Waals surface area contributed by atoms with Gasteiger partial charge in [0.2, 0.25) is 5.91 Å². The first-order chi connectivity index (χ1) is 6.68. The summed E-state index contributed by atoms with van der Waals surface area (Å²) in [5.41, 5.74) is 12.0. The molecule has 0 unspecified atom stereocenters. The van der Waals surface area contributed by atoms with Crippen LogP contribution in [0.5, 0.6) is 0 Å². The summed E-state index contributed by atoms with van der Waals surface area (Å²) >= 11 is 0. The molecule has 1 aromatic carbocycles. The molecule has 0 saturated carbocycles. The average Bonchev–Trinajstić information content (AvgIpc) is 2.44. The fraction of sp³-hybridized carbons (Fsp3) is 0.100. The summed E-state index contributed by atoms with van der Waals surface area (Å²) in [6.45, 7) is 0. The molecule has 0 aliphatic rings. The second kappa shape index (κ2) is 3.06. The number of rotatable bonds is 2. The van der Waals surface area contributed by atoms with E-state index in [2.05, 4.69) is 0 Å². The molecule has 0 atom stereocenters. The first kappa shape index (κ1) is 8.62. The highest BCUT2D eigenvalue weighted by atomic mass is 16.3. The first-order valence-electron chi connectivity index (χ1n) is 4.22. The Morgan fingerprint density at radius 2 is 2.07 bits per heavy atom. The zero-order valence-corrected chi connectivity index (χ0v) is 7.49. The van der Waals surface area contributed by atoms with Crippen molar-refractivity contribution in [1.29, 1.82) is 0 Å². The number of fused-ring (bicyclic) bond motifs is 1. The number of hydrogen-bond donors (Lipinski definition) is 2. The maximum absolute atomic E-state index is 10.7. The third kappa shape index (κ3) is 1.31. The van der Waals surface area contributed by atoms with Crippen LogP contribution in [0.25, 0.3) is 11.0 Å². The van der Waals surface area contributed by atoms with Gasteiger partial charge in [-0.2, -0.15) is 0 Å². The molecule has 0 saturated heterocycles. The summed E-state index contributed by atoms with van der Waals surface area (Å²) in [5, 5.41) is 0.823. The molecule has 1 aromatic heterocycles. The highest BCUT2D eigenvalue weighted by Gasteiger charge is 2.12. The highest BCUT2D eigenvalue weighted by molar-refractivity contribution is 5.92. The molecule has 0 spiro atoms. The largest absolute Gasteiger partial charge is 0.458 e. The molecule has 0 radical (unpaired) electrons.